The van der Waals surface area contributed by atoms with Crippen LogP contribution in [0, 0.1) is 0 Å². The smallest absolute Gasteiger partial charge is 0.265 e. The van der Waals surface area contributed by atoms with E-state index >= 15 is 0 Å². The molecule has 0 radical (unpaired) electrons. The molecule has 19 heavy (non-hydrogen) atoms. The Labute approximate surface area is 110 Å². The summed E-state index contributed by atoms with van der Waals surface area (Å²) in [5.74, 6) is 0.508. The molecule has 0 aliphatic carbocycles. The van der Waals surface area contributed by atoms with Crippen LogP contribution >= 0.6 is 0 Å². The van der Waals surface area contributed by atoms with Crippen molar-refractivity contribution < 1.29 is 27.0 Å². The lowest BCUT2D eigenvalue weighted by Gasteiger charge is -2.11. The van der Waals surface area contributed by atoms with Crippen LogP contribution in [0.5, 0.6) is 5.75 Å². The summed E-state index contributed by atoms with van der Waals surface area (Å²) in [6.45, 7) is 1.50. The minimum atomic E-state index is -3.92. The first-order valence-electron chi connectivity index (χ1n) is 5.55. The van der Waals surface area contributed by atoms with Crippen LogP contribution < -0.4 is 9.46 Å². The molecule has 0 aromatic heterocycles. The maximum absolute atomic E-state index is 12.0. The Hall–Kier alpha value is -1.25. The van der Waals surface area contributed by atoms with Crippen molar-refractivity contribution in [2.24, 2.45) is 0 Å². The van der Waals surface area contributed by atoms with Crippen molar-refractivity contribution >= 4 is 10.0 Å². The van der Waals surface area contributed by atoms with Crippen molar-refractivity contribution in [1.82, 2.24) is 4.72 Å². The standard InChI is InChI=1S/C11H15F2NO4S/c1-2-18-8-3-5-9(6-4-8)19(16,17)14-7-10(15)11(12)13/h3-6,10-11,14-15H,2,7H2,1H3. The fourth-order valence-corrected chi connectivity index (χ4v) is 2.30. The molecule has 2 N–H and O–H groups in total. The van der Waals surface area contributed by atoms with Crippen LogP contribution in [0.25, 0.3) is 0 Å². The van der Waals surface area contributed by atoms with Gasteiger partial charge in [-0.15, -0.1) is 0 Å². The molecule has 0 spiro atoms. The van der Waals surface area contributed by atoms with Crippen molar-refractivity contribution in [2.75, 3.05) is 13.2 Å². The third-order valence-electron chi connectivity index (χ3n) is 2.22. The average molecular weight is 295 g/mol. The third-order valence-corrected chi connectivity index (χ3v) is 3.66. The normalized spacial score (nSPS) is 13.5. The molecule has 8 heteroatoms. The minimum absolute atomic E-state index is 0.0857. The lowest BCUT2D eigenvalue weighted by atomic mass is 10.3. The van der Waals surface area contributed by atoms with Gasteiger partial charge in [-0.25, -0.2) is 21.9 Å². The number of ether oxygens (including phenoxy) is 1. The Balaban J connectivity index is 2.71. The Morgan fingerprint density at radius 2 is 1.89 bits per heavy atom. The van der Waals surface area contributed by atoms with E-state index in [9.17, 15) is 17.2 Å². The van der Waals surface area contributed by atoms with Crippen LogP contribution in [0.15, 0.2) is 29.2 Å². The minimum Gasteiger partial charge on any atom is -0.494 e. The van der Waals surface area contributed by atoms with E-state index in [0.717, 1.165) is 0 Å². The summed E-state index contributed by atoms with van der Waals surface area (Å²) in [6, 6.07) is 5.51. The molecule has 108 valence electrons. The van der Waals surface area contributed by atoms with Crippen LogP contribution in [0.3, 0.4) is 0 Å². The zero-order valence-electron chi connectivity index (χ0n) is 10.2. The van der Waals surface area contributed by atoms with Gasteiger partial charge in [-0.05, 0) is 31.2 Å². The summed E-state index contributed by atoms with van der Waals surface area (Å²) in [5.41, 5.74) is 0. The largest absolute Gasteiger partial charge is 0.494 e. The lowest BCUT2D eigenvalue weighted by Crippen LogP contribution is -2.35. The molecule has 1 unspecified atom stereocenters. The van der Waals surface area contributed by atoms with E-state index in [2.05, 4.69) is 0 Å². The summed E-state index contributed by atoms with van der Waals surface area (Å²) in [5, 5.41) is 8.85. The second-order valence-corrected chi connectivity index (χ2v) is 5.43. The molecule has 0 bridgehead atoms. The van der Waals surface area contributed by atoms with Crippen LogP contribution in [0.4, 0.5) is 8.78 Å². The molecular weight excluding hydrogens is 280 g/mol. The topological polar surface area (TPSA) is 75.6 Å². The number of hydrogen-bond acceptors (Lipinski definition) is 4. The zero-order valence-corrected chi connectivity index (χ0v) is 11.0. The second-order valence-electron chi connectivity index (χ2n) is 3.66. The quantitative estimate of drug-likeness (QED) is 0.786. The number of aliphatic hydroxyl groups is 1. The van der Waals surface area contributed by atoms with Crippen LogP contribution in [-0.2, 0) is 10.0 Å². The van der Waals surface area contributed by atoms with Crippen LogP contribution in [0.1, 0.15) is 6.92 Å². The Morgan fingerprint density at radius 3 is 2.37 bits per heavy atom. The SMILES string of the molecule is CCOc1ccc(S(=O)(=O)NCC(O)C(F)F)cc1. The zero-order chi connectivity index (χ0) is 14.5. The van der Waals surface area contributed by atoms with Gasteiger partial charge in [0.15, 0.2) is 0 Å². The number of aliphatic hydroxyl groups excluding tert-OH is 1. The number of nitrogens with one attached hydrogen (secondary N) is 1. The van der Waals surface area contributed by atoms with E-state index in [0.29, 0.717) is 12.4 Å². The maximum atomic E-state index is 12.0. The summed E-state index contributed by atoms with van der Waals surface area (Å²) < 4.78 is 54.6. The van der Waals surface area contributed by atoms with Crippen molar-refractivity contribution in [1.29, 1.82) is 0 Å². The number of alkyl halides is 2. The summed E-state index contributed by atoms with van der Waals surface area (Å²) >= 11 is 0. The van der Waals surface area contributed by atoms with Gasteiger partial charge in [-0.2, -0.15) is 0 Å². The first kappa shape index (κ1) is 15.8. The van der Waals surface area contributed by atoms with E-state index < -0.39 is 29.1 Å². The maximum Gasteiger partial charge on any atom is 0.265 e. The van der Waals surface area contributed by atoms with Crippen molar-refractivity contribution in [2.45, 2.75) is 24.3 Å². The Bertz CT molecular complexity index is 490. The van der Waals surface area contributed by atoms with Gasteiger partial charge in [-0.3, -0.25) is 0 Å². The third kappa shape index (κ3) is 4.73. The number of hydrogen-bond donors (Lipinski definition) is 2. The highest BCUT2D eigenvalue weighted by Crippen LogP contribution is 2.15. The van der Waals surface area contributed by atoms with Gasteiger partial charge in [0.05, 0.1) is 11.5 Å². The molecule has 0 amide bonds. The van der Waals surface area contributed by atoms with Gasteiger partial charge in [0.25, 0.3) is 6.43 Å². The molecule has 1 aromatic carbocycles. The first-order chi connectivity index (χ1) is 8.86. The van der Waals surface area contributed by atoms with Crippen LogP contribution in [-0.4, -0.2) is 39.2 Å². The average Bonchev–Trinajstić information content (AvgIpc) is 2.37. The molecule has 0 heterocycles. The van der Waals surface area contributed by atoms with Gasteiger partial charge < -0.3 is 9.84 Å². The van der Waals surface area contributed by atoms with E-state index in [-0.39, 0.29) is 4.90 Å². The van der Waals surface area contributed by atoms with Crippen molar-refractivity contribution in [3.63, 3.8) is 0 Å². The highest BCUT2D eigenvalue weighted by atomic mass is 32.2. The van der Waals surface area contributed by atoms with Crippen molar-refractivity contribution in [3.8, 4) is 5.75 Å². The molecular formula is C11H15F2NO4S. The fourth-order valence-electron chi connectivity index (χ4n) is 1.25. The Kier molecular flexibility index (Phi) is 5.64. The second kappa shape index (κ2) is 6.78. The number of rotatable bonds is 7. The molecule has 1 atom stereocenters. The summed E-state index contributed by atoms with van der Waals surface area (Å²) in [7, 11) is -3.92. The molecule has 1 aromatic rings. The molecule has 0 saturated heterocycles. The number of benzene rings is 1. The highest BCUT2D eigenvalue weighted by molar-refractivity contribution is 7.89. The summed E-state index contributed by atoms with van der Waals surface area (Å²) in [4.78, 5) is -0.0857. The predicted molar refractivity (Wildman–Crippen MR) is 64.8 cm³/mol. The van der Waals surface area contributed by atoms with Crippen molar-refractivity contribution in [3.05, 3.63) is 24.3 Å². The molecule has 0 saturated carbocycles. The van der Waals surface area contributed by atoms with Gasteiger partial charge in [-0.1, -0.05) is 0 Å². The van der Waals surface area contributed by atoms with E-state index in [4.69, 9.17) is 9.84 Å². The Morgan fingerprint density at radius 1 is 1.32 bits per heavy atom. The van der Waals surface area contributed by atoms with E-state index in [1.54, 1.807) is 6.92 Å². The molecule has 5 nitrogen and oxygen atoms in total. The van der Waals surface area contributed by atoms with Gasteiger partial charge in [0.2, 0.25) is 10.0 Å². The number of sulfonamides is 1. The first-order valence-corrected chi connectivity index (χ1v) is 7.04. The molecule has 0 aliphatic heterocycles. The fraction of sp³-hybridized carbons (Fsp3) is 0.455. The van der Waals surface area contributed by atoms with Gasteiger partial charge in [0, 0.05) is 6.54 Å². The summed E-state index contributed by atoms with van der Waals surface area (Å²) in [6.07, 6.45) is -5.03. The molecule has 0 fully saturated rings. The molecule has 1 rings (SSSR count). The number of halogens is 2. The van der Waals surface area contributed by atoms with Crippen LogP contribution in [0.2, 0.25) is 0 Å². The van der Waals surface area contributed by atoms with E-state index in [1.165, 1.54) is 24.3 Å². The van der Waals surface area contributed by atoms with E-state index in [1.807, 2.05) is 4.72 Å². The highest BCUT2D eigenvalue weighted by Gasteiger charge is 2.21. The predicted octanol–water partition coefficient (Wildman–Crippen LogP) is 0.990. The van der Waals surface area contributed by atoms with Gasteiger partial charge in [0.1, 0.15) is 11.9 Å². The monoisotopic (exact) mass is 295 g/mol. The molecule has 0 aliphatic rings. The lowest BCUT2D eigenvalue weighted by molar-refractivity contribution is -0.000451. The van der Waals surface area contributed by atoms with Gasteiger partial charge >= 0.3 is 0 Å².